The SMILES string of the molecule is CC(=O)Nc1cccc(N2CCN(S(=O)(=O)c3ccc(Cl)s3)CC2)c1. The number of anilines is 2. The van der Waals surface area contributed by atoms with Crippen molar-refractivity contribution in [1.82, 2.24) is 4.31 Å². The van der Waals surface area contributed by atoms with Crippen molar-refractivity contribution in [2.75, 3.05) is 36.4 Å². The molecule has 0 spiro atoms. The molecule has 0 atom stereocenters. The number of nitrogens with zero attached hydrogens (tertiary/aromatic N) is 2. The lowest BCUT2D eigenvalue weighted by Crippen LogP contribution is -2.48. The minimum atomic E-state index is -3.49. The largest absolute Gasteiger partial charge is 0.369 e. The first-order valence-electron chi connectivity index (χ1n) is 7.74. The van der Waals surface area contributed by atoms with Gasteiger partial charge in [-0.1, -0.05) is 17.7 Å². The Kier molecular flexibility index (Phi) is 5.33. The van der Waals surface area contributed by atoms with Crippen molar-refractivity contribution in [2.45, 2.75) is 11.1 Å². The first kappa shape index (κ1) is 18.2. The van der Waals surface area contributed by atoms with Crippen LogP contribution in [0.15, 0.2) is 40.6 Å². The summed E-state index contributed by atoms with van der Waals surface area (Å²) in [4.78, 5) is 13.3. The van der Waals surface area contributed by atoms with Gasteiger partial charge in [-0.25, -0.2) is 8.42 Å². The lowest BCUT2D eigenvalue weighted by molar-refractivity contribution is -0.114. The average Bonchev–Trinajstić information content (AvgIpc) is 3.02. The number of carbonyl (C=O) groups excluding carboxylic acids is 1. The Labute approximate surface area is 156 Å². The van der Waals surface area contributed by atoms with E-state index in [1.165, 1.54) is 11.2 Å². The van der Waals surface area contributed by atoms with Crippen LogP contribution in [0.2, 0.25) is 4.34 Å². The normalized spacial score (nSPS) is 16.0. The summed E-state index contributed by atoms with van der Waals surface area (Å²) in [5.74, 6) is -0.123. The van der Waals surface area contributed by atoms with E-state index in [2.05, 4.69) is 10.2 Å². The van der Waals surface area contributed by atoms with Crippen LogP contribution >= 0.6 is 22.9 Å². The molecular formula is C16H18ClN3O3S2. The van der Waals surface area contributed by atoms with Gasteiger partial charge in [-0.3, -0.25) is 4.79 Å². The van der Waals surface area contributed by atoms with Gasteiger partial charge in [0.2, 0.25) is 5.91 Å². The third kappa shape index (κ3) is 4.14. The summed E-state index contributed by atoms with van der Waals surface area (Å²) in [6, 6.07) is 10.7. The number of nitrogens with one attached hydrogen (secondary N) is 1. The van der Waals surface area contributed by atoms with Crippen LogP contribution in [-0.2, 0) is 14.8 Å². The summed E-state index contributed by atoms with van der Waals surface area (Å²) in [5, 5.41) is 2.76. The van der Waals surface area contributed by atoms with Crippen LogP contribution in [0.1, 0.15) is 6.92 Å². The van der Waals surface area contributed by atoms with E-state index in [1.807, 2.05) is 24.3 Å². The number of halogens is 1. The number of benzene rings is 1. The van der Waals surface area contributed by atoms with Gasteiger partial charge in [0, 0.05) is 44.5 Å². The molecule has 25 heavy (non-hydrogen) atoms. The Morgan fingerprint density at radius 1 is 1.16 bits per heavy atom. The molecule has 134 valence electrons. The highest BCUT2D eigenvalue weighted by atomic mass is 35.5. The molecule has 1 aliphatic heterocycles. The topological polar surface area (TPSA) is 69.7 Å². The molecule has 1 aromatic heterocycles. The molecule has 1 amide bonds. The number of rotatable bonds is 4. The predicted molar refractivity (Wildman–Crippen MR) is 101 cm³/mol. The molecule has 1 saturated heterocycles. The van der Waals surface area contributed by atoms with Gasteiger partial charge in [0.25, 0.3) is 10.0 Å². The molecule has 2 aromatic rings. The highest BCUT2D eigenvalue weighted by Gasteiger charge is 2.29. The summed E-state index contributed by atoms with van der Waals surface area (Å²) in [7, 11) is -3.49. The summed E-state index contributed by atoms with van der Waals surface area (Å²) >= 11 is 6.93. The van der Waals surface area contributed by atoms with Crippen molar-refractivity contribution >= 4 is 50.2 Å². The molecule has 3 rings (SSSR count). The van der Waals surface area contributed by atoms with Crippen LogP contribution in [0.3, 0.4) is 0 Å². The molecule has 0 radical (unpaired) electrons. The molecule has 1 aliphatic rings. The molecule has 6 nitrogen and oxygen atoms in total. The number of hydrogen-bond acceptors (Lipinski definition) is 5. The number of sulfonamides is 1. The Balaban J connectivity index is 1.69. The maximum atomic E-state index is 12.6. The molecular weight excluding hydrogens is 382 g/mol. The zero-order valence-electron chi connectivity index (χ0n) is 13.6. The number of amides is 1. The Hall–Kier alpha value is -1.61. The second-order valence-electron chi connectivity index (χ2n) is 5.68. The number of carbonyl (C=O) groups is 1. The molecule has 0 bridgehead atoms. The van der Waals surface area contributed by atoms with Crippen molar-refractivity contribution in [3.05, 3.63) is 40.7 Å². The van der Waals surface area contributed by atoms with Gasteiger partial charge in [-0.15, -0.1) is 11.3 Å². The fraction of sp³-hybridized carbons (Fsp3) is 0.312. The van der Waals surface area contributed by atoms with Gasteiger partial charge >= 0.3 is 0 Å². The van der Waals surface area contributed by atoms with Gasteiger partial charge in [0.1, 0.15) is 4.21 Å². The van der Waals surface area contributed by atoms with E-state index < -0.39 is 10.0 Å². The number of hydrogen-bond donors (Lipinski definition) is 1. The van der Waals surface area contributed by atoms with Crippen molar-refractivity contribution in [2.24, 2.45) is 0 Å². The molecule has 0 unspecified atom stereocenters. The van der Waals surface area contributed by atoms with Crippen LogP contribution in [-0.4, -0.2) is 44.8 Å². The lowest BCUT2D eigenvalue weighted by atomic mass is 10.2. The fourth-order valence-electron chi connectivity index (χ4n) is 2.73. The molecule has 1 N–H and O–H groups in total. The van der Waals surface area contributed by atoms with Gasteiger partial charge in [0.05, 0.1) is 4.34 Å². The second-order valence-corrected chi connectivity index (χ2v) is 9.56. The van der Waals surface area contributed by atoms with Crippen molar-refractivity contribution in [3.8, 4) is 0 Å². The average molecular weight is 400 g/mol. The number of piperazine rings is 1. The molecule has 2 heterocycles. The van der Waals surface area contributed by atoms with Crippen molar-refractivity contribution < 1.29 is 13.2 Å². The summed E-state index contributed by atoms with van der Waals surface area (Å²) in [6.07, 6.45) is 0. The molecule has 0 saturated carbocycles. The van der Waals surface area contributed by atoms with Crippen LogP contribution < -0.4 is 10.2 Å². The zero-order valence-corrected chi connectivity index (χ0v) is 16.0. The first-order chi connectivity index (χ1) is 11.9. The third-order valence-electron chi connectivity index (χ3n) is 3.91. The highest BCUT2D eigenvalue weighted by molar-refractivity contribution is 7.91. The molecule has 1 fully saturated rings. The van der Waals surface area contributed by atoms with Crippen LogP contribution in [0.5, 0.6) is 0 Å². The first-order valence-corrected chi connectivity index (χ1v) is 10.4. The zero-order chi connectivity index (χ0) is 18.0. The summed E-state index contributed by atoms with van der Waals surface area (Å²) < 4.78 is 27.5. The van der Waals surface area contributed by atoms with E-state index in [-0.39, 0.29) is 10.1 Å². The van der Waals surface area contributed by atoms with E-state index in [9.17, 15) is 13.2 Å². The number of thiophene rings is 1. The van der Waals surface area contributed by atoms with Gasteiger partial charge in [-0.05, 0) is 30.3 Å². The Morgan fingerprint density at radius 3 is 2.48 bits per heavy atom. The maximum absolute atomic E-state index is 12.6. The van der Waals surface area contributed by atoms with Crippen molar-refractivity contribution in [3.63, 3.8) is 0 Å². The third-order valence-corrected chi connectivity index (χ3v) is 7.51. The van der Waals surface area contributed by atoms with E-state index >= 15 is 0 Å². The van der Waals surface area contributed by atoms with E-state index in [4.69, 9.17) is 11.6 Å². The second kappa shape index (κ2) is 7.33. The van der Waals surface area contributed by atoms with Gasteiger partial charge in [0.15, 0.2) is 0 Å². The van der Waals surface area contributed by atoms with Crippen LogP contribution in [0, 0.1) is 0 Å². The Morgan fingerprint density at radius 2 is 1.88 bits per heavy atom. The van der Waals surface area contributed by atoms with E-state index in [1.54, 1.807) is 12.1 Å². The molecule has 1 aromatic carbocycles. The minimum Gasteiger partial charge on any atom is -0.369 e. The maximum Gasteiger partial charge on any atom is 0.252 e. The fourth-order valence-corrected chi connectivity index (χ4v) is 5.79. The molecule has 0 aliphatic carbocycles. The van der Waals surface area contributed by atoms with E-state index in [0.717, 1.165) is 22.7 Å². The van der Waals surface area contributed by atoms with Gasteiger partial charge < -0.3 is 10.2 Å². The lowest BCUT2D eigenvalue weighted by Gasteiger charge is -2.35. The standard InChI is InChI=1S/C16H18ClN3O3S2/c1-12(21)18-13-3-2-4-14(11-13)19-7-9-20(10-8-19)25(22,23)16-6-5-15(17)24-16/h2-6,11H,7-10H2,1H3,(H,18,21). The van der Waals surface area contributed by atoms with Crippen LogP contribution in [0.25, 0.3) is 0 Å². The van der Waals surface area contributed by atoms with E-state index in [0.29, 0.717) is 30.5 Å². The van der Waals surface area contributed by atoms with Crippen LogP contribution in [0.4, 0.5) is 11.4 Å². The Bertz CT molecular complexity index is 874. The predicted octanol–water partition coefficient (Wildman–Crippen LogP) is 2.87. The summed E-state index contributed by atoms with van der Waals surface area (Å²) in [5.41, 5.74) is 1.69. The quantitative estimate of drug-likeness (QED) is 0.858. The summed E-state index contributed by atoms with van der Waals surface area (Å²) in [6.45, 7) is 3.45. The van der Waals surface area contributed by atoms with Gasteiger partial charge in [-0.2, -0.15) is 4.31 Å². The monoisotopic (exact) mass is 399 g/mol. The minimum absolute atomic E-state index is 0.123. The van der Waals surface area contributed by atoms with Crippen molar-refractivity contribution in [1.29, 1.82) is 0 Å². The smallest absolute Gasteiger partial charge is 0.252 e. The highest BCUT2D eigenvalue weighted by Crippen LogP contribution is 2.29. The molecule has 9 heteroatoms.